The largest absolute Gasteiger partial charge is 0.497 e. The molecule has 202 valence electrons. The van der Waals surface area contributed by atoms with Crippen LogP contribution in [0.2, 0.25) is 0 Å². The number of carbonyl (C=O) groups excluding carboxylic acids is 1. The minimum Gasteiger partial charge on any atom is -0.497 e. The number of hydrogen-bond donors (Lipinski definition) is 1. The average Bonchev–Trinajstić information content (AvgIpc) is 3.07. The minimum absolute atomic E-state index is 0.0596. The predicted octanol–water partition coefficient (Wildman–Crippen LogP) is 4.53. The van der Waals surface area contributed by atoms with Gasteiger partial charge in [-0.05, 0) is 71.5 Å². The molecule has 0 aromatic heterocycles. The number of aliphatic hydroxyl groups excluding tert-OH is 1. The molecule has 2 aliphatic rings. The van der Waals surface area contributed by atoms with Crippen molar-refractivity contribution in [2.45, 2.75) is 38.3 Å². The van der Waals surface area contributed by atoms with Crippen LogP contribution in [0.25, 0.3) is 10.8 Å². The standard InChI is InChI=1S/C31H38N2O5/c1-36-26-10-11-27-22(8-6-9-23(27)14-26)13-25(34)20-32-12-5-4-7-21(17-32)18-33-19-24-15-29(37-2)30(38-3)16-28(24)31(33)35/h6,8-11,14-16,21,25,34H,4-5,7,12-13,17-20H2,1-3H3. The molecule has 2 heterocycles. The molecule has 0 aliphatic carbocycles. The first-order chi connectivity index (χ1) is 18.5. The van der Waals surface area contributed by atoms with Crippen LogP contribution in [0.1, 0.15) is 40.7 Å². The lowest BCUT2D eigenvalue weighted by molar-refractivity contribution is 0.0711. The maximum Gasteiger partial charge on any atom is 0.254 e. The van der Waals surface area contributed by atoms with E-state index in [9.17, 15) is 9.90 Å². The van der Waals surface area contributed by atoms with Crippen LogP contribution in [0.3, 0.4) is 0 Å². The Hall–Kier alpha value is -3.29. The average molecular weight is 519 g/mol. The highest BCUT2D eigenvalue weighted by atomic mass is 16.5. The SMILES string of the molecule is COc1ccc2c(CC(O)CN3CCCCC(CN4Cc5cc(OC)c(OC)cc5C4=O)C3)cccc2c1. The number of ether oxygens (including phenoxy) is 3. The molecule has 0 bridgehead atoms. The Bertz CT molecular complexity index is 1290. The minimum atomic E-state index is -0.459. The van der Waals surface area contributed by atoms with E-state index in [4.69, 9.17) is 14.2 Å². The zero-order chi connectivity index (χ0) is 26.6. The number of nitrogens with zero attached hydrogens (tertiary/aromatic N) is 2. The third-order valence-corrected chi connectivity index (χ3v) is 7.92. The third kappa shape index (κ3) is 5.59. The first kappa shape index (κ1) is 26.3. The number of benzene rings is 3. The van der Waals surface area contributed by atoms with Crippen LogP contribution in [-0.4, -0.2) is 74.4 Å². The molecule has 1 fully saturated rings. The van der Waals surface area contributed by atoms with Crippen molar-refractivity contribution in [1.82, 2.24) is 9.80 Å². The summed E-state index contributed by atoms with van der Waals surface area (Å²) in [4.78, 5) is 17.5. The maximum absolute atomic E-state index is 13.2. The fraction of sp³-hybridized carbons (Fsp3) is 0.452. The van der Waals surface area contributed by atoms with Crippen LogP contribution in [0.15, 0.2) is 48.5 Å². The van der Waals surface area contributed by atoms with Crippen LogP contribution in [0.4, 0.5) is 0 Å². The first-order valence-electron chi connectivity index (χ1n) is 13.5. The summed E-state index contributed by atoms with van der Waals surface area (Å²) in [7, 11) is 4.88. The highest BCUT2D eigenvalue weighted by Gasteiger charge is 2.32. The number of carbonyl (C=O) groups is 1. The van der Waals surface area contributed by atoms with Gasteiger partial charge >= 0.3 is 0 Å². The molecule has 1 N–H and O–H groups in total. The molecule has 1 amide bonds. The summed E-state index contributed by atoms with van der Waals surface area (Å²) in [6, 6.07) is 16.0. The highest BCUT2D eigenvalue weighted by Crippen LogP contribution is 2.35. The van der Waals surface area contributed by atoms with Gasteiger partial charge < -0.3 is 29.1 Å². The summed E-state index contributed by atoms with van der Waals surface area (Å²) in [5, 5.41) is 13.4. The number of aliphatic hydroxyl groups is 1. The molecule has 0 saturated carbocycles. The fourth-order valence-electron chi connectivity index (χ4n) is 6.04. The van der Waals surface area contributed by atoms with Gasteiger partial charge in [0.15, 0.2) is 11.5 Å². The van der Waals surface area contributed by atoms with Crippen molar-refractivity contribution < 1.29 is 24.1 Å². The summed E-state index contributed by atoms with van der Waals surface area (Å²) < 4.78 is 16.2. The number of fused-ring (bicyclic) bond motifs is 2. The van der Waals surface area contributed by atoms with Gasteiger partial charge in [0, 0.05) is 38.2 Å². The monoisotopic (exact) mass is 518 g/mol. The molecular weight excluding hydrogens is 480 g/mol. The van der Waals surface area contributed by atoms with Gasteiger partial charge in [-0.2, -0.15) is 0 Å². The van der Waals surface area contributed by atoms with Crippen molar-refractivity contribution in [1.29, 1.82) is 0 Å². The van der Waals surface area contributed by atoms with E-state index < -0.39 is 6.10 Å². The second-order valence-corrected chi connectivity index (χ2v) is 10.5. The van der Waals surface area contributed by atoms with Gasteiger partial charge in [0.2, 0.25) is 0 Å². The molecule has 38 heavy (non-hydrogen) atoms. The molecule has 7 heteroatoms. The van der Waals surface area contributed by atoms with E-state index in [1.807, 2.05) is 29.2 Å². The van der Waals surface area contributed by atoms with Gasteiger partial charge in [0.05, 0.1) is 27.4 Å². The number of likely N-dealkylation sites (tertiary alicyclic amines) is 1. The lowest BCUT2D eigenvalue weighted by atomic mass is 9.99. The lowest BCUT2D eigenvalue weighted by Gasteiger charge is -2.29. The zero-order valence-electron chi connectivity index (χ0n) is 22.6. The van der Waals surface area contributed by atoms with Gasteiger partial charge in [-0.25, -0.2) is 0 Å². The molecule has 2 aliphatic heterocycles. The zero-order valence-corrected chi connectivity index (χ0v) is 22.6. The normalized spacial score (nSPS) is 18.8. The molecule has 7 nitrogen and oxygen atoms in total. The van der Waals surface area contributed by atoms with E-state index in [2.05, 4.69) is 23.1 Å². The van der Waals surface area contributed by atoms with Crippen molar-refractivity contribution >= 4 is 16.7 Å². The predicted molar refractivity (Wildman–Crippen MR) is 148 cm³/mol. The van der Waals surface area contributed by atoms with Gasteiger partial charge in [-0.3, -0.25) is 4.79 Å². The van der Waals surface area contributed by atoms with Crippen molar-refractivity contribution in [2.75, 3.05) is 47.5 Å². The van der Waals surface area contributed by atoms with E-state index >= 15 is 0 Å². The summed E-state index contributed by atoms with van der Waals surface area (Å²) in [6.07, 6.45) is 3.48. The number of rotatable bonds is 9. The van der Waals surface area contributed by atoms with Gasteiger partial charge in [0.1, 0.15) is 5.75 Å². The quantitative estimate of drug-likeness (QED) is 0.449. The van der Waals surface area contributed by atoms with Crippen molar-refractivity contribution in [3.8, 4) is 17.2 Å². The lowest BCUT2D eigenvalue weighted by Crippen LogP contribution is -2.39. The Labute approximate surface area is 224 Å². The second-order valence-electron chi connectivity index (χ2n) is 10.5. The molecule has 0 radical (unpaired) electrons. The smallest absolute Gasteiger partial charge is 0.254 e. The summed E-state index contributed by atoms with van der Waals surface area (Å²) >= 11 is 0. The maximum atomic E-state index is 13.2. The molecule has 3 aromatic carbocycles. The summed E-state index contributed by atoms with van der Waals surface area (Å²) in [5.74, 6) is 2.51. The van der Waals surface area contributed by atoms with Crippen LogP contribution in [0, 0.1) is 5.92 Å². The fourth-order valence-corrected chi connectivity index (χ4v) is 6.04. The van der Waals surface area contributed by atoms with E-state index in [1.54, 1.807) is 27.4 Å². The molecule has 5 rings (SSSR count). The van der Waals surface area contributed by atoms with Crippen molar-refractivity contribution in [3.63, 3.8) is 0 Å². The van der Waals surface area contributed by atoms with E-state index in [-0.39, 0.29) is 5.91 Å². The van der Waals surface area contributed by atoms with Crippen LogP contribution >= 0.6 is 0 Å². The number of methoxy groups -OCH3 is 3. The van der Waals surface area contributed by atoms with E-state index in [0.717, 1.165) is 66.5 Å². The van der Waals surface area contributed by atoms with Gasteiger partial charge in [0.25, 0.3) is 5.91 Å². The first-order valence-corrected chi connectivity index (χ1v) is 13.5. The topological polar surface area (TPSA) is 71.5 Å². The van der Waals surface area contributed by atoms with Gasteiger partial charge in [-0.15, -0.1) is 0 Å². The van der Waals surface area contributed by atoms with Crippen molar-refractivity contribution in [3.05, 3.63) is 65.2 Å². The third-order valence-electron chi connectivity index (χ3n) is 7.92. The van der Waals surface area contributed by atoms with Gasteiger partial charge in [-0.1, -0.05) is 30.7 Å². The Morgan fingerprint density at radius 2 is 1.82 bits per heavy atom. The molecule has 1 saturated heterocycles. The van der Waals surface area contributed by atoms with Crippen LogP contribution in [0.5, 0.6) is 17.2 Å². The Balaban J connectivity index is 1.21. The Kier molecular flexibility index (Phi) is 8.05. The summed E-state index contributed by atoms with van der Waals surface area (Å²) in [5.41, 5.74) is 2.84. The second kappa shape index (κ2) is 11.6. The number of hydrogen-bond acceptors (Lipinski definition) is 6. The van der Waals surface area contributed by atoms with E-state index in [0.29, 0.717) is 42.5 Å². The van der Waals surface area contributed by atoms with Crippen LogP contribution in [-0.2, 0) is 13.0 Å². The summed E-state index contributed by atoms with van der Waals surface area (Å²) in [6.45, 7) is 3.81. The molecular formula is C31H38N2O5. The highest BCUT2D eigenvalue weighted by molar-refractivity contribution is 5.99. The van der Waals surface area contributed by atoms with E-state index in [1.165, 1.54) is 0 Å². The Morgan fingerprint density at radius 1 is 1.00 bits per heavy atom. The van der Waals surface area contributed by atoms with Crippen LogP contribution < -0.4 is 14.2 Å². The Morgan fingerprint density at radius 3 is 2.61 bits per heavy atom. The number of amides is 1. The molecule has 3 aromatic rings. The molecule has 0 spiro atoms. The number of β-amino-alcohol motifs (C(OH)–C–C–N with tert-alkyl or cyclic N) is 1. The molecule has 2 atom stereocenters. The molecule has 2 unspecified atom stereocenters. The van der Waals surface area contributed by atoms with Crippen molar-refractivity contribution in [2.24, 2.45) is 5.92 Å².